The van der Waals surface area contributed by atoms with Crippen molar-refractivity contribution in [3.63, 3.8) is 0 Å². The Bertz CT molecular complexity index is 578. The van der Waals surface area contributed by atoms with Crippen LogP contribution in [0.4, 0.5) is 4.39 Å². The molecule has 0 saturated carbocycles. The summed E-state index contributed by atoms with van der Waals surface area (Å²) in [5.41, 5.74) is 4.44. The quantitative estimate of drug-likeness (QED) is 0.746. The summed E-state index contributed by atoms with van der Waals surface area (Å²) in [4.78, 5) is 4.08. The summed E-state index contributed by atoms with van der Waals surface area (Å²) >= 11 is 5.77. The van der Waals surface area contributed by atoms with Gasteiger partial charge in [0, 0.05) is 6.20 Å². The van der Waals surface area contributed by atoms with Gasteiger partial charge in [-0.25, -0.2) is 9.37 Å². The van der Waals surface area contributed by atoms with Crippen molar-refractivity contribution in [2.45, 2.75) is 25.7 Å². The number of aromatic nitrogens is 1. The molecule has 0 spiro atoms. The van der Waals surface area contributed by atoms with E-state index in [0.717, 1.165) is 36.8 Å². The number of rotatable bonds is 2. The minimum absolute atomic E-state index is 0.0551. The van der Waals surface area contributed by atoms with Gasteiger partial charge >= 0.3 is 0 Å². The molecule has 0 unspecified atom stereocenters. The van der Waals surface area contributed by atoms with Crippen LogP contribution in [0.1, 0.15) is 28.7 Å². The molecule has 1 aromatic carbocycles. The predicted molar refractivity (Wildman–Crippen MR) is 70.5 cm³/mol. The van der Waals surface area contributed by atoms with Gasteiger partial charge in [-0.3, -0.25) is 0 Å². The standard InChI is InChI=1S/C15H13ClFN/c16-15-7-4-10(9-18-15)8-11-5-6-14(17)13-3-1-2-12(11)13/h4-7,9H,1-3,8H2. The van der Waals surface area contributed by atoms with Gasteiger partial charge in [-0.15, -0.1) is 0 Å². The molecule has 1 aliphatic carbocycles. The highest BCUT2D eigenvalue weighted by Crippen LogP contribution is 2.29. The van der Waals surface area contributed by atoms with Crippen molar-refractivity contribution in [3.05, 3.63) is 63.7 Å². The van der Waals surface area contributed by atoms with Crippen LogP contribution in [0.5, 0.6) is 0 Å². The average Bonchev–Trinajstić information content (AvgIpc) is 2.86. The Labute approximate surface area is 111 Å². The zero-order chi connectivity index (χ0) is 12.5. The van der Waals surface area contributed by atoms with Gasteiger partial charge in [0.2, 0.25) is 0 Å². The number of hydrogen-bond acceptors (Lipinski definition) is 1. The van der Waals surface area contributed by atoms with Gasteiger partial charge in [-0.2, -0.15) is 0 Å². The van der Waals surface area contributed by atoms with Crippen molar-refractivity contribution in [2.24, 2.45) is 0 Å². The number of hydrogen-bond donors (Lipinski definition) is 0. The molecule has 0 aliphatic heterocycles. The van der Waals surface area contributed by atoms with Crippen LogP contribution in [-0.2, 0) is 19.3 Å². The highest BCUT2D eigenvalue weighted by atomic mass is 35.5. The summed E-state index contributed by atoms with van der Waals surface area (Å²) in [5, 5.41) is 0.503. The molecular formula is C15H13ClFN. The van der Waals surface area contributed by atoms with E-state index in [1.807, 2.05) is 12.1 Å². The molecule has 1 aliphatic rings. The topological polar surface area (TPSA) is 12.9 Å². The molecule has 0 saturated heterocycles. The molecule has 1 aromatic heterocycles. The molecular weight excluding hydrogens is 249 g/mol. The van der Waals surface area contributed by atoms with Crippen molar-refractivity contribution in [1.29, 1.82) is 0 Å². The van der Waals surface area contributed by atoms with E-state index in [0.29, 0.717) is 5.15 Å². The molecule has 3 rings (SSSR count). The summed E-state index contributed by atoms with van der Waals surface area (Å²) in [7, 11) is 0. The zero-order valence-corrected chi connectivity index (χ0v) is 10.7. The van der Waals surface area contributed by atoms with Crippen molar-refractivity contribution in [3.8, 4) is 0 Å². The minimum atomic E-state index is -0.0551. The molecule has 1 heterocycles. The summed E-state index contributed by atoms with van der Waals surface area (Å²) in [6.07, 6.45) is 5.50. The normalized spacial score (nSPS) is 13.7. The van der Waals surface area contributed by atoms with Gasteiger partial charge in [0.25, 0.3) is 0 Å². The third-order valence-electron chi connectivity index (χ3n) is 3.51. The lowest BCUT2D eigenvalue weighted by atomic mass is 9.97. The Morgan fingerprint density at radius 2 is 1.94 bits per heavy atom. The van der Waals surface area contributed by atoms with E-state index in [4.69, 9.17) is 11.6 Å². The smallest absolute Gasteiger partial charge is 0.129 e. The molecule has 92 valence electrons. The van der Waals surface area contributed by atoms with E-state index in [2.05, 4.69) is 4.98 Å². The molecule has 1 nitrogen and oxygen atoms in total. The monoisotopic (exact) mass is 261 g/mol. The Hall–Kier alpha value is -1.41. The summed E-state index contributed by atoms with van der Waals surface area (Å²) < 4.78 is 13.6. The molecule has 0 fully saturated rings. The van der Waals surface area contributed by atoms with E-state index in [-0.39, 0.29) is 5.82 Å². The van der Waals surface area contributed by atoms with Crippen molar-refractivity contribution < 1.29 is 4.39 Å². The summed E-state index contributed by atoms with van der Waals surface area (Å²) in [5.74, 6) is -0.0551. The van der Waals surface area contributed by atoms with Crippen molar-refractivity contribution in [2.75, 3.05) is 0 Å². The molecule has 3 heteroatoms. The molecule has 0 atom stereocenters. The van der Waals surface area contributed by atoms with E-state index < -0.39 is 0 Å². The van der Waals surface area contributed by atoms with Crippen LogP contribution < -0.4 is 0 Å². The lowest BCUT2D eigenvalue weighted by Gasteiger charge is -2.09. The number of nitrogens with zero attached hydrogens (tertiary/aromatic N) is 1. The Kier molecular flexibility index (Phi) is 3.04. The van der Waals surface area contributed by atoms with E-state index in [9.17, 15) is 4.39 Å². The van der Waals surface area contributed by atoms with Crippen LogP contribution in [-0.4, -0.2) is 4.98 Å². The molecule has 0 bridgehead atoms. The number of benzene rings is 1. The maximum Gasteiger partial charge on any atom is 0.129 e. The first kappa shape index (κ1) is 11.7. The zero-order valence-electron chi connectivity index (χ0n) is 9.92. The third kappa shape index (κ3) is 2.13. The van der Waals surface area contributed by atoms with Crippen LogP contribution in [0.15, 0.2) is 30.5 Å². The fraction of sp³-hybridized carbons (Fsp3) is 0.267. The second kappa shape index (κ2) is 4.69. The fourth-order valence-electron chi connectivity index (χ4n) is 2.63. The van der Waals surface area contributed by atoms with Crippen LogP contribution in [0.3, 0.4) is 0 Å². The third-order valence-corrected chi connectivity index (χ3v) is 3.73. The fourth-order valence-corrected chi connectivity index (χ4v) is 2.74. The Morgan fingerprint density at radius 3 is 2.72 bits per heavy atom. The van der Waals surface area contributed by atoms with E-state index >= 15 is 0 Å². The first-order valence-electron chi connectivity index (χ1n) is 6.13. The van der Waals surface area contributed by atoms with Gasteiger partial charge in [-0.1, -0.05) is 23.7 Å². The number of fused-ring (bicyclic) bond motifs is 1. The van der Waals surface area contributed by atoms with Crippen molar-refractivity contribution >= 4 is 11.6 Å². The predicted octanol–water partition coefficient (Wildman–Crippen LogP) is 3.95. The van der Waals surface area contributed by atoms with Gasteiger partial charge in [0.1, 0.15) is 11.0 Å². The second-order valence-corrected chi connectivity index (χ2v) is 5.07. The van der Waals surface area contributed by atoms with Gasteiger partial charge in [0.15, 0.2) is 0 Å². The van der Waals surface area contributed by atoms with E-state index in [1.54, 1.807) is 18.3 Å². The molecule has 0 amide bonds. The SMILES string of the molecule is Fc1ccc(Cc2ccc(Cl)nc2)c2c1CCC2. The van der Waals surface area contributed by atoms with E-state index in [1.165, 1.54) is 11.1 Å². The maximum absolute atomic E-state index is 13.6. The molecule has 2 aromatic rings. The van der Waals surface area contributed by atoms with Gasteiger partial charge in [0.05, 0.1) is 0 Å². The van der Waals surface area contributed by atoms with Gasteiger partial charge < -0.3 is 0 Å². The molecule has 18 heavy (non-hydrogen) atoms. The maximum atomic E-state index is 13.6. The first-order valence-corrected chi connectivity index (χ1v) is 6.51. The first-order chi connectivity index (χ1) is 8.74. The molecule has 0 N–H and O–H groups in total. The Balaban J connectivity index is 1.94. The highest BCUT2D eigenvalue weighted by Gasteiger charge is 2.18. The lowest BCUT2D eigenvalue weighted by Crippen LogP contribution is -1.98. The van der Waals surface area contributed by atoms with Crippen LogP contribution in [0.2, 0.25) is 5.15 Å². The van der Waals surface area contributed by atoms with Crippen LogP contribution >= 0.6 is 11.6 Å². The minimum Gasteiger partial charge on any atom is -0.244 e. The largest absolute Gasteiger partial charge is 0.244 e. The van der Waals surface area contributed by atoms with Gasteiger partial charge in [-0.05, 0) is 60.1 Å². The summed E-state index contributed by atoms with van der Waals surface area (Å²) in [6, 6.07) is 7.25. The average molecular weight is 262 g/mol. The number of pyridine rings is 1. The highest BCUT2D eigenvalue weighted by molar-refractivity contribution is 6.29. The van der Waals surface area contributed by atoms with Crippen molar-refractivity contribution in [1.82, 2.24) is 4.98 Å². The van der Waals surface area contributed by atoms with Crippen LogP contribution in [0.25, 0.3) is 0 Å². The second-order valence-electron chi connectivity index (χ2n) is 4.68. The lowest BCUT2D eigenvalue weighted by molar-refractivity contribution is 0.612. The molecule has 0 radical (unpaired) electrons. The summed E-state index contributed by atoms with van der Waals surface area (Å²) in [6.45, 7) is 0. The van der Waals surface area contributed by atoms with Crippen LogP contribution in [0, 0.1) is 5.82 Å². The Morgan fingerprint density at radius 1 is 1.11 bits per heavy atom. The number of halogens is 2.